The van der Waals surface area contributed by atoms with Crippen molar-refractivity contribution < 1.29 is 9.47 Å². The molecule has 1 saturated carbocycles. The molecule has 0 heterocycles. The molecule has 0 aliphatic heterocycles. The van der Waals surface area contributed by atoms with Crippen LogP contribution in [0, 0.1) is 11.8 Å². The van der Waals surface area contributed by atoms with Crippen LogP contribution in [0.3, 0.4) is 0 Å². The van der Waals surface area contributed by atoms with E-state index in [0.717, 1.165) is 12.5 Å². The minimum absolute atomic E-state index is 0.365. The van der Waals surface area contributed by atoms with Crippen LogP contribution in [0.4, 0.5) is 0 Å². The fourth-order valence-electron chi connectivity index (χ4n) is 2.40. The predicted octanol–water partition coefficient (Wildman–Crippen LogP) is 1.80. The molecule has 3 heteroatoms. The molecule has 1 aliphatic rings. The van der Waals surface area contributed by atoms with Crippen molar-refractivity contribution in [3.05, 3.63) is 0 Å². The molecule has 0 bridgehead atoms. The molecule has 0 aromatic heterocycles. The molecule has 3 nitrogen and oxygen atoms in total. The van der Waals surface area contributed by atoms with Crippen molar-refractivity contribution in [1.29, 1.82) is 0 Å². The lowest BCUT2D eigenvalue weighted by atomic mass is 9.78. The molecule has 0 radical (unpaired) electrons. The molecule has 1 fully saturated rings. The Balaban J connectivity index is 2.33. The van der Waals surface area contributed by atoms with E-state index >= 15 is 0 Å². The Labute approximate surface area is 93.3 Å². The van der Waals surface area contributed by atoms with Gasteiger partial charge < -0.3 is 15.2 Å². The summed E-state index contributed by atoms with van der Waals surface area (Å²) >= 11 is 0. The first-order valence-corrected chi connectivity index (χ1v) is 6.12. The molecule has 1 aliphatic carbocycles. The zero-order chi connectivity index (χ0) is 11.1. The summed E-state index contributed by atoms with van der Waals surface area (Å²) in [5.41, 5.74) is 5.77. The average molecular weight is 215 g/mol. The highest BCUT2D eigenvalue weighted by molar-refractivity contribution is 4.81. The van der Waals surface area contributed by atoms with Crippen LogP contribution in [0.2, 0.25) is 0 Å². The number of hydrogen-bond donors (Lipinski definition) is 1. The highest BCUT2D eigenvalue weighted by Gasteiger charge is 2.29. The van der Waals surface area contributed by atoms with Gasteiger partial charge in [0.25, 0.3) is 0 Å². The molecule has 3 unspecified atom stereocenters. The van der Waals surface area contributed by atoms with Gasteiger partial charge in [0.05, 0.1) is 19.3 Å². The number of ether oxygens (including phenoxy) is 2. The molecule has 0 aromatic carbocycles. The van der Waals surface area contributed by atoms with E-state index in [1.165, 1.54) is 25.7 Å². The van der Waals surface area contributed by atoms with Gasteiger partial charge in [-0.2, -0.15) is 0 Å². The van der Waals surface area contributed by atoms with Crippen molar-refractivity contribution in [2.24, 2.45) is 17.6 Å². The van der Waals surface area contributed by atoms with Gasteiger partial charge in [0, 0.05) is 7.11 Å². The van der Waals surface area contributed by atoms with Gasteiger partial charge in [-0.1, -0.05) is 13.3 Å². The van der Waals surface area contributed by atoms with E-state index < -0.39 is 0 Å². The van der Waals surface area contributed by atoms with Crippen LogP contribution < -0.4 is 5.73 Å². The van der Waals surface area contributed by atoms with Crippen LogP contribution >= 0.6 is 0 Å². The standard InChI is InChI=1S/C12H25NO2/c1-3-10-4-5-11(9-13)12(8-10)15-7-6-14-2/h10-12H,3-9,13H2,1-2H3. The predicted molar refractivity (Wildman–Crippen MR) is 61.8 cm³/mol. The van der Waals surface area contributed by atoms with E-state index in [9.17, 15) is 0 Å². The lowest BCUT2D eigenvalue weighted by molar-refractivity contribution is -0.0412. The highest BCUT2D eigenvalue weighted by Crippen LogP contribution is 2.32. The van der Waals surface area contributed by atoms with Gasteiger partial charge in [0.15, 0.2) is 0 Å². The van der Waals surface area contributed by atoms with Crippen LogP contribution in [0.1, 0.15) is 32.6 Å². The van der Waals surface area contributed by atoms with Crippen molar-refractivity contribution in [2.75, 3.05) is 26.9 Å². The highest BCUT2D eigenvalue weighted by atomic mass is 16.5. The van der Waals surface area contributed by atoms with Gasteiger partial charge >= 0.3 is 0 Å². The zero-order valence-corrected chi connectivity index (χ0v) is 10.1. The lowest BCUT2D eigenvalue weighted by Crippen LogP contribution is -2.36. The molecular weight excluding hydrogens is 190 g/mol. The Bertz CT molecular complexity index is 164. The first-order valence-electron chi connectivity index (χ1n) is 6.12. The Hall–Kier alpha value is -0.120. The van der Waals surface area contributed by atoms with Crippen molar-refractivity contribution >= 4 is 0 Å². The van der Waals surface area contributed by atoms with Gasteiger partial charge in [-0.05, 0) is 37.6 Å². The van der Waals surface area contributed by atoms with Crippen molar-refractivity contribution in [3.63, 3.8) is 0 Å². The second-order valence-electron chi connectivity index (χ2n) is 4.49. The molecule has 1 rings (SSSR count). The summed E-state index contributed by atoms with van der Waals surface area (Å²) in [4.78, 5) is 0. The Morgan fingerprint density at radius 3 is 2.67 bits per heavy atom. The third kappa shape index (κ3) is 4.09. The van der Waals surface area contributed by atoms with Gasteiger partial charge in [-0.25, -0.2) is 0 Å². The van der Waals surface area contributed by atoms with Gasteiger partial charge in [0.1, 0.15) is 0 Å². The van der Waals surface area contributed by atoms with E-state index in [4.69, 9.17) is 15.2 Å². The number of hydrogen-bond acceptors (Lipinski definition) is 3. The molecule has 0 aromatic rings. The normalized spacial score (nSPS) is 31.8. The maximum Gasteiger partial charge on any atom is 0.0704 e. The molecule has 3 atom stereocenters. The fraction of sp³-hybridized carbons (Fsp3) is 1.00. The summed E-state index contributed by atoms with van der Waals surface area (Å²) in [6.45, 7) is 4.41. The smallest absolute Gasteiger partial charge is 0.0704 e. The molecule has 15 heavy (non-hydrogen) atoms. The summed E-state index contributed by atoms with van der Waals surface area (Å²) in [5.74, 6) is 1.39. The third-order valence-electron chi connectivity index (χ3n) is 3.54. The van der Waals surface area contributed by atoms with E-state index in [-0.39, 0.29) is 0 Å². The van der Waals surface area contributed by atoms with Crippen molar-refractivity contribution in [1.82, 2.24) is 0 Å². The third-order valence-corrected chi connectivity index (χ3v) is 3.54. The van der Waals surface area contributed by atoms with Crippen molar-refractivity contribution in [2.45, 2.75) is 38.7 Å². The minimum Gasteiger partial charge on any atom is -0.382 e. The summed E-state index contributed by atoms with van der Waals surface area (Å²) in [5, 5.41) is 0. The summed E-state index contributed by atoms with van der Waals surface area (Å²) in [7, 11) is 1.71. The molecule has 0 saturated heterocycles. The second-order valence-corrected chi connectivity index (χ2v) is 4.49. The quantitative estimate of drug-likeness (QED) is 0.687. The van der Waals surface area contributed by atoms with Gasteiger partial charge in [-0.15, -0.1) is 0 Å². The van der Waals surface area contributed by atoms with Crippen molar-refractivity contribution in [3.8, 4) is 0 Å². The Morgan fingerprint density at radius 2 is 2.07 bits per heavy atom. The van der Waals surface area contributed by atoms with Gasteiger partial charge in [-0.3, -0.25) is 0 Å². The molecular formula is C12H25NO2. The van der Waals surface area contributed by atoms with Crippen LogP contribution in [0.15, 0.2) is 0 Å². The summed E-state index contributed by atoms with van der Waals surface area (Å²) in [6.07, 6.45) is 5.36. The van der Waals surface area contributed by atoms with E-state index in [2.05, 4.69) is 6.92 Å². The number of rotatable bonds is 6. The maximum atomic E-state index is 5.85. The largest absolute Gasteiger partial charge is 0.382 e. The van der Waals surface area contributed by atoms with E-state index in [1.807, 2.05) is 0 Å². The first-order chi connectivity index (χ1) is 7.31. The SMILES string of the molecule is CCC1CCC(CN)C(OCCOC)C1. The Morgan fingerprint density at radius 1 is 1.27 bits per heavy atom. The monoisotopic (exact) mass is 215 g/mol. The van der Waals surface area contributed by atoms with E-state index in [0.29, 0.717) is 25.2 Å². The Kier molecular flexibility index (Phi) is 6.22. The molecule has 2 N–H and O–H groups in total. The molecule has 0 amide bonds. The first kappa shape index (κ1) is 12.9. The minimum atomic E-state index is 0.365. The number of methoxy groups -OCH3 is 1. The summed E-state index contributed by atoms with van der Waals surface area (Å²) < 4.78 is 10.9. The van der Waals surface area contributed by atoms with Crippen LogP contribution in [-0.4, -0.2) is 33.0 Å². The topological polar surface area (TPSA) is 44.5 Å². The maximum absolute atomic E-state index is 5.85. The molecule has 90 valence electrons. The average Bonchev–Trinajstić information content (AvgIpc) is 2.29. The molecule has 0 spiro atoms. The summed E-state index contributed by atoms with van der Waals surface area (Å²) in [6, 6.07) is 0. The lowest BCUT2D eigenvalue weighted by Gasteiger charge is -2.35. The number of nitrogens with two attached hydrogens (primary N) is 1. The second kappa shape index (κ2) is 7.20. The van der Waals surface area contributed by atoms with Crippen LogP contribution in [-0.2, 0) is 9.47 Å². The van der Waals surface area contributed by atoms with E-state index in [1.54, 1.807) is 7.11 Å². The van der Waals surface area contributed by atoms with Crippen LogP contribution in [0.25, 0.3) is 0 Å². The van der Waals surface area contributed by atoms with Gasteiger partial charge in [0.2, 0.25) is 0 Å². The van der Waals surface area contributed by atoms with Crippen LogP contribution in [0.5, 0.6) is 0 Å². The fourth-order valence-corrected chi connectivity index (χ4v) is 2.40. The zero-order valence-electron chi connectivity index (χ0n) is 10.1.